The van der Waals surface area contributed by atoms with Gasteiger partial charge in [0, 0.05) is 12.4 Å². The topological polar surface area (TPSA) is 117 Å². The van der Waals surface area contributed by atoms with Gasteiger partial charge in [0.1, 0.15) is 12.3 Å². The van der Waals surface area contributed by atoms with Gasteiger partial charge in [-0.25, -0.2) is 23.7 Å². The Morgan fingerprint density at radius 2 is 1.85 bits per heavy atom. The van der Waals surface area contributed by atoms with Gasteiger partial charge in [0.25, 0.3) is 5.88 Å². The van der Waals surface area contributed by atoms with Crippen LogP contribution in [0.15, 0.2) is 65.7 Å². The fraction of sp³-hybridized carbons (Fsp3) is 0.174. The lowest BCUT2D eigenvalue weighted by molar-refractivity contribution is -0.117. The lowest BCUT2D eigenvalue weighted by Crippen LogP contribution is -2.28. The molecule has 0 aliphatic carbocycles. The molecule has 1 N–H and O–H groups in total. The molecule has 168 valence electrons. The van der Waals surface area contributed by atoms with Crippen LogP contribution < -0.4 is 15.7 Å². The molecule has 0 atom stereocenters. The first-order valence-corrected chi connectivity index (χ1v) is 10.2. The minimum Gasteiger partial charge on any atom is -0.462 e. The van der Waals surface area contributed by atoms with E-state index in [1.54, 1.807) is 43.3 Å². The number of benzene rings is 2. The highest BCUT2D eigenvalue weighted by Crippen LogP contribution is 2.22. The van der Waals surface area contributed by atoms with E-state index >= 15 is 0 Å². The monoisotopic (exact) mass is 447 g/mol. The van der Waals surface area contributed by atoms with E-state index in [2.05, 4.69) is 15.4 Å². The van der Waals surface area contributed by atoms with E-state index in [0.29, 0.717) is 5.75 Å². The second-order valence-corrected chi connectivity index (χ2v) is 7.10. The van der Waals surface area contributed by atoms with E-state index in [0.717, 1.165) is 10.2 Å². The minimum absolute atomic E-state index is 0.130. The molecule has 0 bridgehead atoms. The number of carbonyl (C=O) groups excluding carboxylic acids is 2. The number of esters is 1. The number of hydrogen-bond acceptors (Lipinski definition) is 7. The number of rotatable bonds is 7. The Kier molecular flexibility index (Phi) is 6.16. The maximum Gasteiger partial charge on any atom is 0.351 e. The van der Waals surface area contributed by atoms with Crippen molar-refractivity contribution < 1.29 is 19.1 Å². The fourth-order valence-electron chi connectivity index (χ4n) is 3.12. The van der Waals surface area contributed by atoms with Crippen LogP contribution in [-0.2, 0) is 16.1 Å². The second-order valence-electron chi connectivity index (χ2n) is 7.10. The molecule has 0 unspecified atom stereocenters. The van der Waals surface area contributed by atoms with Crippen molar-refractivity contribution in [2.45, 2.75) is 20.4 Å². The van der Waals surface area contributed by atoms with Crippen LogP contribution in [0.25, 0.3) is 5.65 Å². The Morgan fingerprint density at radius 1 is 1.09 bits per heavy atom. The molecule has 10 heteroatoms. The Bertz CT molecular complexity index is 1370. The summed E-state index contributed by atoms with van der Waals surface area (Å²) in [4.78, 5) is 41.7. The molecular formula is C23H21N5O5. The van der Waals surface area contributed by atoms with Crippen molar-refractivity contribution in [2.24, 2.45) is 0 Å². The predicted molar refractivity (Wildman–Crippen MR) is 120 cm³/mol. The highest BCUT2D eigenvalue weighted by atomic mass is 16.5. The van der Waals surface area contributed by atoms with Crippen LogP contribution in [0.1, 0.15) is 22.8 Å². The number of aromatic nitrogens is 4. The van der Waals surface area contributed by atoms with Crippen LogP contribution in [-0.4, -0.2) is 37.6 Å². The lowest BCUT2D eigenvalue weighted by atomic mass is 10.2. The maximum absolute atomic E-state index is 12.8. The molecule has 0 saturated carbocycles. The number of ether oxygens (including phenoxy) is 2. The Balaban J connectivity index is 1.57. The summed E-state index contributed by atoms with van der Waals surface area (Å²) in [5.74, 6) is -0.421. The average Bonchev–Trinajstić information content (AvgIpc) is 3.12. The van der Waals surface area contributed by atoms with E-state index in [4.69, 9.17) is 9.47 Å². The van der Waals surface area contributed by atoms with Gasteiger partial charge < -0.3 is 14.8 Å². The van der Waals surface area contributed by atoms with E-state index in [-0.39, 0.29) is 35.9 Å². The highest BCUT2D eigenvalue weighted by Gasteiger charge is 2.18. The second kappa shape index (κ2) is 9.35. The molecule has 0 aliphatic heterocycles. The van der Waals surface area contributed by atoms with Crippen molar-refractivity contribution in [3.8, 4) is 11.6 Å². The normalized spacial score (nSPS) is 10.7. The van der Waals surface area contributed by atoms with Crippen molar-refractivity contribution in [1.82, 2.24) is 19.2 Å². The summed E-state index contributed by atoms with van der Waals surface area (Å²) in [6.45, 7) is 3.49. The van der Waals surface area contributed by atoms with Gasteiger partial charge in [-0.2, -0.15) is 0 Å². The first-order chi connectivity index (χ1) is 16.0. The number of carbonyl (C=O) groups is 2. The zero-order chi connectivity index (χ0) is 23.4. The lowest BCUT2D eigenvalue weighted by Gasteiger charge is -2.10. The quantitative estimate of drug-likeness (QED) is 0.433. The van der Waals surface area contributed by atoms with E-state index in [1.165, 1.54) is 16.8 Å². The molecule has 10 nitrogen and oxygen atoms in total. The van der Waals surface area contributed by atoms with Crippen LogP contribution in [0.2, 0.25) is 0 Å². The van der Waals surface area contributed by atoms with Crippen molar-refractivity contribution >= 4 is 23.2 Å². The Morgan fingerprint density at radius 3 is 2.61 bits per heavy atom. The van der Waals surface area contributed by atoms with Crippen LogP contribution in [0.4, 0.5) is 5.69 Å². The van der Waals surface area contributed by atoms with Crippen LogP contribution in [0.5, 0.6) is 11.6 Å². The molecule has 2 aromatic carbocycles. The number of nitrogens with one attached hydrogen (secondary N) is 1. The number of anilines is 1. The molecule has 0 fully saturated rings. The summed E-state index contributed by atoms with van der Waals surface area (Å²) in [5, 5.41) is 6.86. The van der Waals surface area contributed by atoms with Gasteiger partial charge in [-0.05, 0) is 38.1 Å². The van der Waals surface area contributed by atoms with Gasteiger partial charge in [-0.3, -0.25) is 4.79 Å². The van der Waals surface area contributed by atoms with Gasteiger partial charge in [0.2, 0.25) is 11.6 Å². The van der Waals surface area contributed by atoms with Gasteiger partial charge in [0.15, 0.2) is 0 Å². The largest absolute Gasteiger partial charge is 0.462 e. The first-order valence-electron chi connectivity index (χ1n) is 10.2. The summed E-state index contributed by atoms with van der Waals surface area (Å²) in [6, 6.07) is 13.8. The fourth-order valence-corrected chi connectivity index (χ4v) is 3.12. The third-order valence-electron chi connectivity index (χ3n) is 4.69. The molecule has 33 heavy (non-hydrogen) atoms. The molecule has 4 aromatic rings. The smallest absolute Gasteiger partial charge is 0.351 e. The van der Waals surface area contributed by atoms with E-state index in [1.807, 2.05) is 19.1 Å². The minimum atomic E-state index is -0.553. The van der Waals surface area contributed by atoms with Crippen molar-refractivity contribution in [2.75, 3.05) is 11.9 Å². The predicted octanol–water partition coefficient (Wildman–Crippen LogP) is 2.81. The third-order valence-corrected chi connectivity index (χ3v) is 4.69. The summed E-state index contributed by atoms with van der Waals surface area (Å²) in [6.07, 6.45) is 2.86. The van der Waals surface area contributed by atoms with Crippen molar-refractivity contribution in [3.05, 3.63) is 82.5 Å². The van der Waals surface area contributed by atoms with Gasteiger partial charge in [-0.1, -0.05) is 29.8 Å². The molecule has 2 aromatic heterocycles. The third kappa shape index (κ3) is 4.74. The molecule has 1 amide bonds. The number of nitrogens with zero attached hydrogens (tertiary/aromatic N) is 4. The van der Waals surface area contributed by atoms with Gasteiger partial charge >= 0.3 is 11.7 Å². The van der Waals surface area contributed by atoms with Crippen LogP contribution in [0, 0.1) is 6.92 Å². The molecule has 0 saturated heterocycles. The van der Waals surface area contributed by atoms with Crippen LogP contribution >= 0.6 is 0 Å². The first kappa shape index (κ1) is 21.8. The molecule has 4 rings (SSSR count). The maximum atomic E-state index is 12.8. The number of para-hydroxylation sites is 1. The molecular weight excluding hydrogens is 426 g/mol. The zero-order valence-corrected chi connectivity index (χ0v) is 18.0. The number of aryl methyl sites for hydroxylation is 1. The van der Waals surface area contributed by atoms with Crippen LogP contribution in [0.3, 0.4) is 0 Å². The number of fused-ring (bicyclic) bond motifs is 1. The Hall–Kier alpha value is -4.47. The summed E-state index contributed by atoms with van der Waals surface area (Å²) < 4.78 is 13.0. The van der Waals surface area contributed by atoms with Gasteiger partial charge in [-0.15, -0.1) is 5.10 Å². The molecule has 0 spiro atoms. The standard InChI is InChI=1S/C23H21N5O5/c1-3-32-22(30)17-6-4-5-7-18(17)25-19(29)14-28-23(31)27-13-12-24-21(20(27)26-28)33-16-10-8-15(2)9-11-16/h4-13H,3,14H2,1-2H3,(H,25,29). The van der Waals surface area contributed by atoms with Crippen molar-refractivity contribution in [1.29, 1.82) is 0 Å². The van der Waals surface area contributed by atoms with E-state index in [9.17, 15) is 14.4 Å². The summed E-state index contributed by atoms with van der Waals surface area (Å²) in [5.41, 5.74) is 1.21. The zero-order valence-electron chi connectivity index (χ0n) is 18.0. The SMILES string of the molecule is CCOC(=O)c1ccccc1NC(=O)Cn1nc2c(Oc3ccc(C)cc3)nccn2c1=O. The summed E-state index contributed by atoms with van der Waals surface area (Å²) >= 11 is 0. The number of amides is 1. The van der Waals surface area contributed by atoms with Gasteiger partial charge in [0.05, 0.1) is 17.9 Å². The average molecular weight is 447 g/mol. The van der Waals surface area contributed by atoms with Crippen molar-refractivity contribution in [3.63, 3.8) is 0 Å². The number of hydrogen-bond donors (Lipinski definition) is 1. The Labute approximate surface area is 188 Å². The molecule has 2 heterocycles. The molecule has 0 aliphatic rings. The summed E-state index contributed by atoms with van der Waals surface area (Å²) in [7, 11) is 0. The van der Waals surface area contributed by atoms with E-state index < -0.39 is 17.6 Å². The molecule has 0 radical (unpaired) electrons. The highest BCUT2D eigenvalue weighted by molar-refractivity contribution is 6.01.